The lowest BCUT2D eigenvalue weighted by atomic mass is 10.2. The molecule has 0 saturated carbocycles. The molecule has 11 heteroatoms. The highest BCUT2D eigenvalue weighted by molar-refractivity contribution is 14.1. The van der Waals surface area contributed by atoms with Crippen molar-refractivity contribution in [1.29, 1.82) is 0 Å². The number of halogens is 7. The first-order chi connectivity index (χ1) is 19.6. The van der Waals surface area contributed by atoms with Crippen molar-refractivity contribution in [3.63, 3.8) is 0 Å². The number of fused-ring (bicyclic) bond motifs is 2. The predicted molar refractivity (Wildman–Crippen MR) is 185 cm³/mol. The van der Waals surface area contributed by atoms with Crippen molar-refractivity contribution in [1.82, 2.24) is 9.55 Å². The van der Waals surface area contributed by atoms with Gasteiger partial charge in [0.1, 0.15) is 23.1 Å². The van der Waals surface area contributed by atoms with Gasteiger partial charge in [-0.1, -0.05) is 63.7 Å². The molecule has 0 unspecified atom stereocenters. The predicted octanol–water partition coefficient (Wildman–Crippen LogP) is 11.4. The van der Waals surface area contributed by atoms with Crippen LogP contribution < -0.4 is 9.47 Å². The summed E-state index contributed by atoms with van der Waals surface area (Å²) in [7, 11) is 3.28. The summed E-state index contributed by atoms with van der Waals surface area (Å²) in [6.45, 7) is 0. The fraction of sp³-hybridized carbons (Fsp3) is 0.0667. The average molecular weight is 926 g/mol. The second-order valence-corrected chi connectivity index (χ2v) is 13.1. The lowest BCUT2D eigenvalue weighted by molar-refractivity contribution is 0.418. The van der Waals surface area contributed by atoms with Gasteiger partial charge >= 0.3 is 0 Å². The van der Waals surface area contributed by atoms with Crippen LogP contribution in [0.15, 0.2) is 103 Å². The van der Waals surface area contributed by atoms with Crippen LogP contribution in [0.5, 0.6) is 11.5 Å². The zero-order valence-electron chi connectivity index (χ0n) is 21.5. The molecule has 0 saturated heterocycles. The number of hydrogen-bond donors (Lipinski definition) is 1. The zero-order chi connectivity index (χ0) is 29.7. The van der Waals surface area contributed by atoms with Gasteiger partial charge < -0.3 is 19.0 Å². The third kappa shape index (κ3) is 7.54. The van der Waals surface area contributed by atoms with Gasteiger partial charge in [0, 0.05) is 44.6 Å². The Morgan fingerprint density at radius 1 is 0.707 bits per heavy atom. The van der Waals surface area contributed by atoms with Crippen LogP contribution in [0.25, 0.3) is 27.5 Å². The van der Waals surface area contributed by atoms with Crippen molar-refractivity contribution in [2.24, 2.45) is 0 Å². The number of nitrogens with one attached hydrogen (secondary N) is 1. The molecule has 6 aromatic rings. The van der Waals surface area contributed by atoms with Crippen LogP contribution in [0.2, 0.25) is 0 Å². The molecule has 0 fully saturated rings. The monoisotopic (exact) mass is 922 g/mol. The first kappa shape index (κ1) is 32.0. The minimum Gasteiger partial charge on any atom is -0.495 e. The zero-order valence-corrected chi connectivity index (χ0v) is 30.0. The highest BCUT2D eigenvalue weighted by Gasteiger charge is 2.14. The third-order valence-corrected chi connectivity index (χ3v) is 9.12. The van der Waals surface area contributed by atoms with Gasteiger partial charge in [-0.2, -0.15) is 0 Å². The Labute approximate surface area is 283 Å². The van der Waals surface area contributed by atoms with Crippen LogP contribution in [0, 0.1) is 15.2 Å². The van der Waals surface area contributed by atoms with Gasteiger partial charge in [0.2, 0.25) is 0 Å². The van der Waals surface area contributed by atoms with E-state index >= 15 is 0 Å². The van der Waals surface area contributed by atoms with Crippen molar-refractivity contribution in [2.75, 3.05) is 14.2 Å². The Morgan fingerprint density at radius 2 is 1.32 bits per heavy atom. The molecule has 6 rings (SSSR count). The minimum atomic E-state index is -0.293. The fourth-order valence-electron chi connectivity index (χ4n) is 3.97. The summed E-state index contributed by atoms with van der Waals surface area (Å²) < 4.78 is 43.3. The van der Waals surface area contributed by atoms with Crippen LogP contribution >= 0.6 is 86.3 Å². The van der Waals surface area contributed by atoms with E-state index in [1.54, 1.807) is 30.9 Å². The molecular formula is C30H21Br4F2IN2O2. The van der Waals surface area contributed by atoms with Crippen molar-refractivity contribution in [3.8, 4) is 17.2 Å². The Balaban J connectivity index is 0.000000156. The molecule has 1 N–H and O–H groups in total. The summed E-state index contributed by atoms with van der Waals surface area (Å²) in [5.41, 5.74) is 2.36. The molecule has 2 heterocycles. The van der Waals surface area contributed by atoms with Crippen LogP contribution in [0.1, 0.15) is 0 Å². The molecule has 0 aliphatic rings. The number of aromatic nitrogens is 2. The van der Waals surface area contributed by atoms with Gasteiger partial charge in [-0.15, -0.1) is 0 Å². The standard InChI is InChI=1S/C15H10Br2FNO.C9H8BrNO.C6H3BrFI/c1-20-14-5-3-11(17)10-6-7-19(15(10)14)13-4-2-9(16)8-12(13)18;1-12-8-3-2-7(10)6-4-5-11-9(6)8;7-4-1-2-6(9)5(8)3-4/h2-8H,1H3;2-5,11H,1H3;1-3H. The summed E-state index contributed by atoms with van der Waals surface area (Å²) in [6, 6.07) is 21.6. The lowest BCUT2D eigenvalue weighted by Gasteiger charge is -2.11. The Hall–Kier alpha value is -1.93. The number of H-pyrrole nitrogens is 1. The molecule has 0 radical (unpaired) electrons. The van der Waals surface area contributed by atoms with Gasteiger partial charge in [0.15, 0.2) is 0 Å². The van der Waals surface area contributed by atoms with Gasteiger partial charge in [-0.05, 0) is 95.4 Å². The molecular weight excluding hydrogens is 905 g/mol. The largest absolute Gasteiger partial charge is 0.495 e. The van der Waals surface area contributed by atoms with Crippen molar-refractivity contribution < 1.29 is 18.3 Å². The number of ether oxygens (including phenoxy) is 2. The van der Waals surface area contributed by atoms with E-state index in [0.29, 0.717) is 19.5 Å². The van der Waals surface area contributed by atoms with Gasteiger partial charge in [-0.3, -0.25) is 0 Å². The number of aromatic amines is 1. The van der Waals surface area contributed by atoms with E-state index in [9.17, 15) is 8.78 Å². The molecule has 41 heavy (non-hydrogen) atoms. The van der Waals surface area contributed by atoms with Crippen molar-refractivity contribution >= 4 is 108 Å². The fourth-order valence-corrected chi connectivity index (χ4v) is 5.89. The number of nitrogens with zero attached hydrogens (tertiary/aromatic N) is 1. The Bertz CT molecular complexity index is 1820. The van der Waals surface area contributed by atoms with Crippen LogP contribution in [-0.2, 0) is 0 Å². The van der Waals surface area contributed by atoms with E-state index in [0.717, 1.165) is 41.0 Å². The first-order valence-corrected chi connectivity index (χ1v) is 16.1. The van der Waals surface area contributed by atoms with E-state index in [1.807, 2.05) is 83.5 Å². The van der Waals surface area contributed by atoms with E-state index in [2.05, 4.69) is 68.7 Å². The average Bonchev–Trinajstić information content (AvgIpc) is 3.62. The van der Waals surface area contributed by atoms with E-state index < -0.39 is 0 Å². The first-order valence-electron chi connectivity index (χ1n) is 11.8. The van der Waals surface area contributed by atoms with E-state index in [-0.39, 0.29) is 11.6 Å². The highest BCUT2D eigenvalue weighted by Crippen LogP contribution is 2.35. The normalized spacial score (nSPS) is 10.6. The molecule has 0 aliphatic heterocycles. The minimum absolute atomic E-state index is 0.176. The Kier molecular flexibility index (Phi) is 11.3. The molecule has 4 nitrogen and oxygen atoms in total. The molecule has 4 aromatic carbocycles. The maximum atomic E-state index is 14.2. The summed E-state index contributed by atoms with van der Waals surface area (Å²) >= 11 is 15.3. The summed E-state index contributed by atoms with van der Waals surface area (Å²) in [6.07, 6.45) is 3.74. The summed E-state index contributed by atoms with van der Waals surface area (Å²) in [5, 5.41) is 2.13. The van der Waals surface area contributed by atoms with Gasteiger partial charge in [0.25, 0.3) is 0 Å². The highest BCUT2D eigenvalue weighted by atomic mass is 127. The summed E-state index contributed by atoms with van der Waals surface area (Å²) in [5.74, 6) is 1.11. The molecule has 0 bridgehead atoms. The summed E-state index contributed by atoms with van der Waals surface area (Å²) in [4.78, 5) is 3.12. The Morgan fingerprint density at radius 3 is 1.93 bits per heavy atom. The number of hydrogen-bond acceptors (Lipinski definition) is 2. The molecule has 0 aliphatic carbocycles. The quantitative estimate of drug-likeness (QED) is 0.142. The third-order valence-electron chi connectivity index (χ3n) is 5.88. The maximum Gasteiger partial charge on any atom is 0.148 e. The second kappa shape index (κ2) is 14.5. The SMILES string of the molecule is COc1ccc(Br)c2cc[nH]c12.COc1ccc(Br)c2ccn(-c3ccc(Br)cc3F)c12.Fc1cc(Br)ccc1I. The van der Waals surface area contributed by atoms with Crippen LogP contribution in [-0.4, -0.2) is 23.8 Å². The van der Waals surface area contributed by atoms with Crippen LogP contribution in [0.4, 0.5) is 8.78 Å². The lowest BCUT2D eigenvalue weighted by Crippen LogP contribution is -1.98. The number of benzene rings is 4. The van der Waals surface area contributed by atoms with Crippen LogP contribution in [0.3, 0.4) is 0 Å². The van der Waals surface area contributed by atoms with E-state index in [1.165, 1.54) is 12.1 Å². The molecule has 0 spiro atoms. The van der Waals surface area contributed by atoms with E-state index in [4.69, 9.17) is 9.47 Å². The topological polar surface area (TPSA) is 39.2 Å². The number of methoxy groups -OCH3 is 2. The second-order valence-electron chi connectivity index (χ2n) is 8.37. The van der Waals surface area contributed by atoms with Gasteiger partial charge in [-0.25, -0.2) is 8.78 Å². The maximum absolute atomic E-state index is 14.2. The smallest absolute Gasteiger partial charge is 0.148 e. The van der Waals surface area contributed by atoms with Crippen molar-refractivity contribution in [3.05, 3.63) is 118 Å². The van der Waals surface area contributed by atoms with Crippen molar-refractivity contribution in [2.45, 2.75) is 0 Å². The molecule has 2 aromatic heterocycles. The molecule has 0 amide bonds. The number of rotatable bonds is 3. The molecule has 0 atom stereocenters. The van der Waals surface area contributed by atoms with Gasteiger partial charge in [0.05, 0.1) is 30.9 Å². The molecule has 212 valence electrons.